The maximum absolute atomic E-state index is 6.52. The van der Waals surface area contributed by atoms with Crippen LogP contribution in [0.25, 0.3) is 110 Å². The van der Waals surface area contributed by atoms with Crippen LogP contribution < -0.4 is 0 Å². The van der Waals surface area contributed by atoms with Crippen LogP contribution in [0.5, 0.6) is 0 Å². The number of nitrogens with zero attached hydrogens (tertiary/aromatic N) is 2. The summed E-state index contributed by atoms with van der Waals surface area (Å²) in [6.45, 7) is 4.69. The van der Waals surface area contributed by atoms with E-state index < -0.39 is 0 Å². The highest BCUT2D eigenvalue weighted by molar-refractivity contribution is 6.19. The summed E-state index contributed by atoms with van der Waals surface area (Å²) in [4.78, 5) is 10.5. The Morgan fingerprint density at radius 3 is 1.91 bits per heavy atom. The van der Waals surface area contributed by atoms with E-state index in [0.29, 0.717) is 5.82 Å². The molecule has 0 fully saturated rings. The molecule has 3 nitrogen and oxygen atoms in total. The van der Waals surface area contributed by atoms with Crippen LogP contribution in [0.4, 0.5) is 0 Å². The van der Waals surface area contributed by atoms with Crippen molar-refractivity contribution >= 4 is 54.3 Å². The van der Waals surface area contributed by atoms with E-state index >= 15 is 0 Å². The zero-order valence-electron chi connectivity index (χ0n) is 32.1. The molecule has 0 saturated carbocycles. The maximum atomic E-state index is 6.52. The number of rotatable bonds is 4. The van der Waals surface area contributed by atoms with Crippen molar-refractivity contribution in [3.8, 4) is 56.2 Å². The van der Waals surface area contributed by atoms with Gasteiger partial charge in [-0.1, -0.05) is 153 Å². The van der Waals surface area contributed by atoms with Crippen LogP contribution in [0.1, 0.15) is 25.0 Å². The molecule has 1 aliphatic rings. The van der Waals surface area contributed by atoms with E-state index in [1.807, 2.05) is 6.07 Å². The first kappa shape index (κ1) is 32.8. The second kappa shape index (κ2) is 12.3. The molecule has 0 bridgehead atoms. The minimum Gasteiger partial charge on any atom is -0.455 e. The molecule has 0 radical (unpaired) electrons. The van der Waals surface area contributed by atoms with Crippen LogP contribution in [0, 0.1) is 0 Å². The summed E-state index contributed by atoms with van der Waals surface area (Å²) in [5.41, 5.74) is 14.2. The van der Waals surface area contributed by atoms with Crippen molar-refractivity contribution in [3.63, 3.8) is 0 Å². The summed E-state index contributed by atoms with van der Waals surface area (Å²) in [5, 5.41) is 9.43. The quantitative estimate of drug-likeness (QED) is 0.180. The standard InChI is InChI=1S/C55H36N2O/c1-55(2)46-20-10-19-43(51(46)45-30-35-15-6-7-16-36(35)31-47(45)55)49-32-48(56-54(57-49)34-13-4-3-5-14-34)40-25-23-37-28-39(24-22-38(37)29-40)41-18-11-21-50-52(41)44-27-26-33-12-8-9-17-42(33)53(44)58-50/h3-32H,1-2H3. The van der Waals surface area contributed by atoms with Crippen LogP contribution >= 0.6 is 0 Å². The highest BCUT2D eigenvalue weighted by Crippen LogP contribution is 2.53. The second-order valence-electron chi connectivity index (χ2n) is 16.1. The number of hydrogen-bond donors (Lipinski definition) is 0. The van der Waals surface area contributed by atoms with E-state index in [4.69, 9.17) is 14.4 Å². The third kappa shape index (κ3) is 4.93. The van der Waals surface area contributed by atoms with E-state index in [9.17, 15) is 0 Å². The van der Waals surface area contributed by atoms with Crippen molar-refractivity contribution in [1.29, 1.82) is 0 Å². The lowest BCUT2D eigenvalue weighted by Crippen LogP contribution is -2.14. The fourth-order valence-corrected chi connectivity index (χ4v) is 9.50. The van der Waals surface area contributed by atoms with Gasteiger partial charge in [0, 0.05) is 38.3 Å². The van der Waals surface area contributed by atoms with Crippen LogP contribution in [0.2, 0.25) is 0 Å². The van der Waals surface area contributed by atoms with Crippen molar-refractivity contribution in [1.82, 2.24) is 9.97 Å². The maximum Gasteiger partial charge on any atom is 0.160 e. The van der Waals surface area contributed by atoms with Gasteiger partial charge in [0.2, 0.25) is 0 Å². The number of furan rings is 1. The van der Waals surface area contributed by atoms with Gasteiger partial charge in [-0.15, -0.1) is 0 Å². The molecule has 9 aromatic carbocycles. The van der Waals surface area contributed by atoms with E-state index in [2.05, 4.69) is 190 Å². The van der Waals surface area contributed by atoms with Crippen LogP contribution in [-0.2, 0) is 5.41 Å². The predicted octanol–water partition coefficient (Wildman–Crippen LogP) is 14.8. The molecule has 0 amide bonds. The first-order chi connectivity index (χ1) is 28.5. The van der Waals surface area contributed by atoms with Gasteiger partial charge in [-0.05, 0) is 103 Å². The topological polar surface area (TPSA) is 38.9 Å². The molecule has 0 saturated heterocycles. The van der Waals surface area contributed by atoms with Gasteiger partial charge in [-0.3, -0.25) is 0 Å². The predicted molar refractivity (Wildman–Crippen MR) is 241 cm³/mol. The highest BCUT2D eigenvalue weighted by Gasteiger charge is 2.37. The molecule has 58 heavy (non-hydrogen) atoms. The van der Waals surface area contributed by atoms with E-state index in [-0.39, 0.29) is 5.41 Å². The molecule has 0 atom stereocenters. The molecule has 0 N–H and O–H groups in total. The first-order valence-corrected chi connectivity index (χ1v) is 20.0. The zero-order chi connectivity index (χ0) is 38.5. The molecule has 12 rings (SSSR count). The van der Waals surface area contributed by atoms with Gasteiger partial charge in [-0.25, -0.2) is 9.97 Å². The van der Waals surface area contributed by atoms with E-state index in [1.165, 1.54) is 49.4 Å². The fourth-order valence-electron chi connectivity index (χ4n) is 9.50. The number of fused-ring (bicyclic) bond motifs is 10. The Morgan fingerprint density at radius 2 is 1.07 bits per heavy atom. The third-order valence-electron chi connectivity index (χ3n) is 12.4. The molecule has 3 heteroatoms. The monoisotopic (exact) mass is 740 g/mol. The Labute approximate surface area is 335 Å². The molecule has 1 aliphatic carbocycles. The van der Waals surface area contributed by atoms with Gasteiger partial charge < -0.3 is 4.42 Å². The summed E-state index contributed by atoms with van der Waals surface area (Å²) in [6, 6.07) is 65.3. The second-order valence-corrected chi connectivity index (χ2v) is 16.1. The Hall–Kier alpha value is -7.36. The van der Waals surface area contributed by atoms with Crippen molar-refractivity contribution in [2.45, 2.75) is 19.3 Å². The number of hydrogen-bond acceptors (Lipinski definition) is 3. The van der Waals surface area contributed by atoms with Gasteiger partial charge in [-0.2, -0.15) is 0 Å². The Morgan fingerprint density at radius 1 is 0.414 bits per heavy atom. The lowest BCUT2D eigenvalue weighted by atomic mass is 9.81. The minimum atomic E-state index is -0.148. The fraction of sp³-hybridized carbons (Fsp3) is 0.0545. The highest BCUT2D eigenvalue weighted by atomic mass is 16.3. The van der Waals surface area contributed by atoms with Crippen molar-refractivity contribution in [2.75, 3.05) is 0 Å². The van der Waals surface area contributed by atoms with Crippen molar-refractivity contribution in [3.05, 3.63) is 193 Å². The Balaban J connectivity index is 1.000. The Bertz CT molecular complexity index is 3480. The molecule has 2 aromatic heterocycles. The summed E-state index contributed by atoms with van der Waals surface area (Å²) in [5.74, 6) is 0.713. The van der Waals surface area contributed by atoms with Crippen LogP contribution in [0.15, 0.2) is 186 Å². The summed E-state index contributed by atoms with van der Waals surface area (Å²) < 4.78 is 6.52. The van der Waals surface area contributed by atoms with Gasteiger partial charge in [0.15, 0.2) is 5.82 Å². The molecule has 0 aliphatic heterocycles. The molecule has 2 heterocycles. The average molecular weight is 741 g/mol. The number of benzene rings is 9. The van der Waals surface area contributed by atoms with Gasteiger partial charge in [0.1, 0.15) is 11.2 Å². The lowest BCUT2D eigenvalue weighted by Gasteiger charge is -2.22. The van der Waals surface area contributed by atoms with Crippen LogP contribution in [0.3, 0.4) is 0 Å². The number of aromatic nitrogens is 2. The summed E-state index contributed by atoms with van der Waals surface area (Å²) >= 11 is 0. The molecule has 11 aromatic rings. The van der Waals surface area contributed by atoms with Crippen molar-refractivity contribution < 1.29 is 4.42 Å². The summed E-state index contributed by atoms with van der Waals surface area (Å²) in [7, 11) is 0. The third-order valence-corrected chi connectivity index (χ3v) is 12.4. The van der Waals surface area contributed by atoms with Gasteiger partial charge in [0.25, 0.3) is 0 Å². The first-order valence-electron chi connectivity index (χ1n) is 20.0. The molecular formula is C55H36N2O. The van der Waals surface area contributed by atoms with E-state index in [0.717, 1.165) is 66.4 Å². The Kier molecular flexibility index (Phi) is 6.98. The average Bonchev–Trinajstić information content (AvgIpc) is 3.77. The lowest BCUT2D eigenvalue weighted by molar-refractivity contribution is 0.661. The SMILES string of the molecule is CC1(C)c2cc3ccccc3cc2-c2c(-c3cc(-c4ccc5cc(-c6cccc7oc8c9ccccc9ccc8c67)ccc5c4)nc(-c4ccccc4)n3)cccc21. The van der Waals surface area contributed by atoms with Crippen molar-refractivity contribution in [2.24, 2.45) is 0 Å². The van der Waals surface area contributed by atoms with Gasteiger partial charge >= 0.3 is 0 Å². The van der Waals surface area contributed by atoms with Crippen LogP contribution in [-0.4, -0.2) is 9.97 Å². The van der Waals surface area contributed by atoms with E-state index in [1.54, 1.807) is 0 Å². The largest absolute Gasteiger partial charge is 0.455 e. The summed E-state index contributed by atoms with van der Waals surface area (Å²) in [6.07, 6.45) is 0. The minimum absolute atomic E-state index is 0.148. The smallest absolute Gasteiger partial charge is 0.160 e. The molecule has 272 valence electrons. The molecule has 0 spiro atoms. The molecular weight excluding hydrogens is 705 g/mol. The molecule has 0 unspecified atom stereocenters. The normalized spacial score (nSPS) is 13.1. The zero-order valence-corrected chi connectivity index (χ0v) is 32.1. The van der Waals surface area contributed by atoms with Gasteiger partial charge in [0.05, 0.1) is 11.4 Å².